The van der Waals surface area contributed by atoms with E-state index in [-0.39, 0.29) is 17.9 Å². The van der Waals surface area contributed by atoms with Crippen molar-refractivity contribution < 1.29 is 9.59 Å². The first kappa shape index (κ1) is 22.4. The quantitative estimate of drug-likeness (QED) is 0.597. The molecule has 0 bridgehead atoms. The summed E-state index contributed by atoms with van der Waals surface area (Å²) in [6.45, 7) is 2.45. The third-order valence-electron chi connectivity index (χ3n) is 5.62. The smallest absolute Gasteiger partial charge is 0.243 e. The van der Waals surface area contributed by atoms with Crippen LogP contribution in [0, 0.1) is 0 Å². The number of amides is 2. The Balaban J connectivity index is 1.67. The minimum atomic E-state index is -0.435. The first-order valence-electron chi connectivity index (χ1n) is 10.9. The van der Waals surface area contributed by atoms with Gasteiger partial charge >= 0.3 is 0 Å². The van der Waals surface area contributed by atoms with Crippen molar-refractivity contribution in [2.24, 2.45) is 0 Å². The van der Waals surface area contributed by atoms with Crippen LogP contribution < -0.4 is 5.32 Å². The molecule has 0 heterocycles. The molecule has 1 saturated carbocycles. The second kappa shape index (κ2) is 11.8. The van der Waals surface area contributed by atoms with Gasteiger partial charge in [0.1, 0.15) is 6.04 Å². The number of nitrogens with zero attached hydrogens (tertiary/aromatic N) is 1. The molecule has 0 aromatic heterocycles. The molecule has 160 valence electrons. The summed E-state index contributed by atoms with van der Waals surface area (Å²) in [5.74, 6) is 1.17. The Morgan fingerprint density at radius 3 is 2.20 bits per heavy atom. The Bertz CT molecular complexity index is 791. The van der Waals surface area contributed by atoms with Crippen LogP contribution in [0.1, 0.15) is 50.2 Å². The molecule has 3 rings (SSSR count). The van der Waals surface area contributed by atoms with Crippen molar-refractivity contribution in [1.29, 1.82) is 0 Å². The van der Waals surface area contributed by atoms with Crippen LogP contribution in [-0.4, -0.2) is 34.6 Å². The number of hydrogen-bond donors (Lipinski definition) is 1. The first-order chi connectivity index (χ1) is 14.7. The Hall–Kier alpha value is -2.27. The van der Waals surface area contributed by atoms with Crippen LogP contribution >= 0.6 is 11.8 Å². The van der Waals surface area contributed by atoms with Crippen LogP contribution in [0.3, 0.4) is 0 Å². The summed E-state index contributed by atoms with van der Waals surface area (Å²) in [5.41, 5.74) is 2.25. The lowest BCUT2D eigenvalue weighted by atomic mass is 10.1. The minimum absolute atomic E-state index is 0.0123. The zero-order valence-corrected chi connectivity index (χ0v) is 18.6. The summed E-state index contributed by atoms with van der Waals surface area (Å²) in [7, 11) is 0. The number of rotatable bonds is 10. The predicted octanol–water partition coefficient (Wildman–Crippen LogP) is 4.79. The Kier molecular flexibility index (Phi) is 8.81. The number of carbonyl (C=O) groups is 2. The van der Waals surface area contributed by atoms with Crippen molar-refractivity contribution >= 4 is 23.6 Å². The second-order valence-electron chi connectivity index (χ2n) is 7.90. The molecule has 1 aliphatic carbocycles. The molecule has 2 aromatic rings. The molecule has 1 fully saturated rings. The third-order valence-corrected chi connectivity index (χ3v) is 6.61. The van der Waals surface area contributed by atoms with Crippen LogP contribution in [0.15, 0.2) is 60.7 Å². The molecule has 4 nitrogen and oxygen atoms in total. The highest BCUT2D eigenvalue weighted by molar-refractivity contribution is 7.99. The van der Waals surface area contributed by atoms with Crippen molar-refractivity contribution in [3.05, 3.63) is 71.8 Å². The van der Waals surface area contributed by atoms with E-state index in [1.807, 2.05) is 55.5 Å². The van der Waals surface area contributed by atoms with Crippen molar-refractivity contribution in [2.45, 2.75) is 63.4 Å². The van der Waals surface area contributed by atoms with E-state index in [9.17, 15) is 9.59 Å². The average Bonchev–Trinajstić information content (AvgIpc) is 3.28. The molecule has 1 N–H and O–H groups in total. The van der Waals surface area contributed by atoms with E-state index < -0.39 is 6.04 Å². The van der Waals surface area contributed by atoms with Crippen molar-refractivity contribution in [3.63, 3.8) is 0 Å². The predicted molar refractivity (Wildman–Crippen MR) is 124 cm³/mol. The summed E-state index contributed by atoms with van der Waals surface area (Å²) in [5, 5.41) is 3.19. The molecule has 0 aliphatic heterocycles. The Morgan fingerprint density at radius 1 is 1.00 bits per heavy atom. The molecule has 5 heteroatoms. The molecular formula is C25H32N2O2S. The summed E-state index contributed by atoms with van der Waals surface area (Å²) >= 11 is 1.60. The first-order valence-corrected chi connectivity index (χ1v) is 12.1. The van der Waals surface area contributed by atoms with Gasteiger partial charge in [0.15, 0.2) is 0 Å². The topological polar surface area (TPSA) is 49.4 Å². The van der Waals surface area contributed by atoms with Crippen molar-refractivity contribution in [2.75, 3.05) is 5.75 Å². The van der Waals surface area contributed by atoms with E-state index in [1.54, 1.807) is 16.7 Å². The van der Waals surface area contributed by atoms with Gasteiger partial charge in [-0.2, -0.15) is 0 Å². The highest BCUT2D eigenvalue weighted by Gasteiger charge is 2.30. The molecule has 30 heavy (non-hydrogen) atoms. The van der Waals surface area contributed by atoms with Gasteiger partial charge in [0, 0.05) is 18.3 Å². The maximum absolute atomic E-state index is 13.2. The Morgan fingerprint density at radius 2 is 1.60 bits per heavy atom. The molecule has 1 aliphatic rings. The van der Waals surface area contributed by atoms with Gasteiger partial charge in [0.25, 0.3) is 0 Å². The third kappa shape index (κ3) is 6.63. The van der Waals surface area contributed by atoms with Crippen molar-refractivity contribution in [1.82, 2.24) is 10.2 Å². The van der Waals surface area contributed by atoms with E-state index in [4.69, 9.17) is 0 Å². The van der Waals surface area contributed by atoms with Gasteiger partial charge in [-0.3, -0.25) is 9.59 Å². The van der Waals surface area contributed by atoms with Crippen LogP contribution in [0.4, 0.5) is 0 Å². The number of nitrogens with one attached hydrogen (secondary N) is 1. The van der Waals surface area contributed by atoms with E-state index in [2.05, 4.69) is 17.4 Å². The zero-order chi connectivity index (χ0) is 21.2. The van der Waals surface area contributed by atoms with Gasteiger partial charge in [-0.1, -0.05) is 80.4 Å². The molecule has 0 radical (unpaired) electrons. The van der Waals surface area contributed by atoms with Gasteiger partial charge in [-0.05, 0) is 30.4 Å². The lowest BCUT2D eigenvalue weighted by Crippen LogP contribution is -2.51. The monoisotopic (exact) mass is 424 g/mol. The summed E-state index contributed by atoms with van der Waals surface area (Å²) in [6, 6.07) is 19.9. The second-order valence-corrected chi connectivity index (χ2v) is 8.89. The largest absolute Gasteiger partial charge is 0.352 e. The average molecular weight is 425 g/mol. The van der Waals surface area contributed by atoms with E-state index in [0.29, 0.717) is 18.7 Å². The molecule has 1 atom stereocenters. The highest BCUT2D eigenvalue weighted by Crippen LogP contribution is 2.20. The van der Waals surface area contributed by atoms with Crippen LogP contribution in [-0.2, 0) is 21.9 Å². The summed E-state index contributed by atoms with van der Waals surface area (Å²) in [6.07, 6.45) is 5.04. The SMILES string of the molecule is CCC(C(=O)NC1CCCC1)N(Cc1ccccc1)C(=O)CSCc1ccccc1. The van der Waals surface area contributed by atoms with Gasteiger partial charge in [0.2, 0.25) is 11.8 Å². The molecule has 1 unspecified atom stereocenters. The normalized spacial score (nSPS) is 15.0. The lowest BCUT2D eigenvalue weighted by molar-refractivity contribution is -0.139. The van der Waals surface area contributed by atoms with Crippen LogP contribution in [0.2, 0.25) is 0 Å². The highest BCUT2D eigenvalue weighted by atomic mass is 32.2. The minimum Gasteiger partial charge on any atom is -0.352 e. The van der Waals surface area contributed by atoms with Crippen LogP contribution in [0.5, 0.6) is 0 Å². The number of hydrogen-bond acceptors (Lipinski definition) is 3. The standard InChI is InChI=1S/C25H32N2O2S/c1-2-23(25(29)26-22-15-9-10-16-22)27(17-20-11-5-3-6-12-20)24(28)19-30-18-21-13-7-4-8-14-21/h3-8,11-14,22-23H,2,9-10,15-19H2,1H3,(H,26,29). The molecule has 2 amide bonds. The number of carbonyl (C=O) groups excluding carboxylic acids is 2. The Labute approximate surface area is 184 Å². The van der Waals surface area contributed by atoms with E-state index in [0.717, 1.165) is 24.2 Å². The van der Waals surface area contributed by atoms with E-state index in [1.165, 1.54) is 18.4 Å². The fraction of sp³-hybridized carbons (Fsp3) is 0.440. The summed E-state index contributed by atoms with van der Waals surface area (Å²) in [4.78, 5) is 28.0. The van der Waals surface area contributed by atoms with Gasteiger partial charge in [0.05, 0.1) is 5.75 Å². The molecule has 0 saturated heterocycles. The summed E-state index contributed by atoms with van der Waals surface area (Å²) < 4.78 is 0. The number of benzene rings is 2. The van der Waals surface area contributed by atoms with Gasteiger partial charge in [-0.25, -0.2) is 0 Å². The maximum Gasteiger partial charge on any atom is 0.243 e. The molecule has 2 aromatic carbocycles. The molecular weight excluding hydrogens is 392 g/mol. The lowest BCUT2D eigenvalue weighted by Gasteiger charge is -2.31. The number of thioether (sulfide) groups is 1. The maximum atomic E-state index is 13.2. The van der Waals surface area contributed by atoms with Gasteiger partial charge in [-0.15, -0.1) is 11.8 Å². The van der Waals surface area contributed by atoms with E-state index >= 15 is 0 Å². The fourth-order valence-corrected chi connectivity index (χ4v) is 4.85. The molecule has 0 spiro atoms. The zero-order valence-electron chi connectivity index (χ0n) is 17.8. The van der Waals surface area contributed by atoms with Crippen LogP contribution in [0.25, 0.3) is 0 Å². The fourth-order valence-electron chi connectivity index (χ4n) is 3.98. The van der Waals surface area contributed by atoms with Gasteiger partial charge < -0.3 is 10.2 Å². The van der Waals surface area contributed by atoms with Crippen molar-refractivity contribution in [3.8, 4) is 0 Å².